The first-order valence-electron chi connectivity index (χ1n) is 8.14. The van der Waals surface area contributed by atoms with Crippen molar-refractivity contribution in [2.45, 2.75) is 19.5 Å². The van der Waals surface area contributed by atoms with Crippen LogP contribution in [0.15, 0.2) is 30.6 Å². The third-order valence-corrected chi connectivity index (χ3v) is 3.83. The molecule has 1 aliphatic rings. The van der Waals surface area contributed by atoms with E-state index in [9.17, 15) is 4.79 Å². The van der Waals surface area contributed by atoms with Gasteiger partial charge in [0, 0.05) is 13.3 Å². The van der Waals surface area contributed by atoms with Gasteiger partial charge in [-0.25, -0.2) is 4.79 Å². The summed E-state index contributed by atoms with van der Waals surface area (Å²) in [6.07, 6.45) is 3.36. The van der Waals surface area contributed by atoms with E-state index in [0.29, 0.717) is 37.8 Å². The van der Waals surface area contributed by atoms with Crippen LogP contribution in [0.25, 0.3) is 0 Å². The van der Waals surface area contributed by atoms with E-state index in [0.717, 1.165) is 11.3 Å². The summed E-state index contributed by atoms with van der Waals surface area (Å²) in [5.41, 5.74) is 1.57. The van der Waals surface area contributed by atoms with Crippen molar-refractivity contribution in [3.63, 3.8) is 0 Å². The molecule has 1 atom stereocenters. The molecule has 1 aromatic carbocycles. The largest absolute Gasteiger partial charge is 0.486 e. The second-order valence-electron chi connectivity index (χ2n) is 5.71. The van der Waals surface area contributed by atoms with Gasteiger partial charge in [-0.3, -0.25) is 4.68 Å². The van der Waals surface area contributed by atoms with Crippen molar-refractivity contribution in [3.05, 3.63) is 36.2 Å². The summed E-state index contributed by atoms with van der Waals surface area (Å²) in [6.45, 7) is 4.20. The second-order valence-corrected chi connectivity index (χ2v) is 5.71. The van der Waals surface area contributed by atoms with E-state index in [4.69, 9.17) is 14.2 Å². The average Bonchev–Trinajstić information content (AvgIpc) is 3.06. The lowest BCUT2D eigenvalue weighted by Gasteiger charge is -2.21. The fourth-order valence-electron chi connectivity index (χ4n) is 2.51. The molecule has 0 aliphatic carbocycles. The van der Waals surface area contributed by atoms with Gasteiger partial charge >= 0.3 is 6.03 Å². The van der Waals surface area contributed by atoms with Crippen molar-refractivity contribution in [3.8, 4) is 11.5 Å². The Kier molecular flexibility index (Phi) is 5.39. The van der Waals surface area contributed by atoms with Crippen molar-refractivity contribution in [1.82, 2.24) is 15.1 Å². The van der Waals surface area contributed by atoms with E-state index in [-0.39, 0.29) is 12.1 Å². The van der Waals surface area contributed by atoms with Gasteiger partial charge in [0.25, 0.3) is 0 Å². The highest BCUT2D eigenvalue weighted by Gasteiger charge is 2.16. The molecule has 0 fully saturated rings. The van der Waals surface area contributed by atoms with Gasteiger partial charge in [-0.05, 0) is 24.6 Å². The van der Waals surface area contributed by atoms with Crippen molar-refractivity contribution >= 4 is 11.7 Å². The van der Waals surface area contributed by atoms with Crippen LogP contribution in [0.5, 0.6) is 11.5 Å². The third kappa shape index (κ3) is 4.42. The number of aromatic nitrogens is 2. The molecule has 2 aromatic rings. The molecule has 25 heavy (non-hydrogen) atoms. The highest BCUT2D eigenvalue weighted by atomic mass is 16.6. The number of ether oxygens (including phenoxy) is 3. The zero-order chi connectivity index (χ0) is 17.6. The molecule has 2 heterocycles. The molecule has 1 aliphatic heterocycles. The standard InChI is InChI=1S/C17H22N4O4/c1-12(13-3-4-15-16(9-13)25-8-7-24-15)19-17(22)20-14-10-18-21(11-14)5-6-23-2/h3-4,9-12H,5-8H2,1-2H3,(H2,19,20,22)/t12-/m1/s1. The van der Waals surface area contributed by atoms with Gasteiger partial charge in [-0.15, -0.1) is 0 Å². The number of carbonyl (C=O) groups excluding carboxylic acids is 1. The van der Waals surface area contributed by atoms with Crippen LogP contribution in [-0.4, -0.2) is 42.7 Å². The van der Waals surface area contributed by atoms with E-state index in [1.54, 1.807) is 24.2 Å². The van der Waals surface area contributed by atoms with Crippen LogP contribution in [0.2, 0.25) is 0 Å². The Morgan fingerprint density at radius 3 is 2.96 bits per heavy atom. The molecule has 2 N–H and O–H groups in total. The Hall–Kier alpha value is -2.74. The number of urea groups is 1. The second kappa shape index (κ2) is 7.89. The number of fused-ring (bicyclic) bond motifs is 1. The van der Waals surface area contributed by atoms with Gasteiger partial charge in [-0.1, -0.05) is 6.07 Å². The van der Waals surface area contributed by atoms with Crippen LogP contribution in [-0.2, 0) is 11.3 Å². The molecular weight excluding hydrogens is 324 g/mol. The van der Waals surface area contributed by atoms with Gasteiger partial charge in [0.1, 0.15) is 13.2 Å². The number of rotatable bonds is 6. The summed E-state index contributed by atoms with van der Waals surface area (Å²) in [7, 11) is 1.63. The fourth-order valence-corrected chi connectivity index (χ4v) is 2.51. The Morgan fingerprint density at radius 2 is 2.16 bits per heavy atom. The number of anilines is 1. The van der Waals surface area contributed by atoms with Gasteiger partial charge in [0.15, 0.2) is 11.5 Å². The molecule has 3 rings (SSSR count). The molecule has 0 bridgehead atoms. The van der Waals surface area contributed by atoms with Gasteiger partial charge in [-0.2, -0.15) is 5.10 Å². The zero-order valence-corrected chi connectivity index (χ0v) is 14.3. The predicted octanol–water partition coefficient (Wildman–Crippen LogP) is 2.18. The molecule has 134 valence electrons. The van der Waals surface area contributed by atoms with Crippen molar-refractivity contribution in [2.24, 2.45) is 0 Å². The van der Waals surface area contributed by atoms with E-state index in [1.165, 1.54) is 0 Å². The monoisotopic (exact) mass is 346 g/mol. The topological polar surface area (TPSA) is 86.6 Å². The minimum atomic E-state index is -0.298. The molecule has 8 heteroatoms. The van der Waals surface area contributed by atoms with Gasteiger partial charge in [0.05, 0.1) is 31.1 Å². The molecule has 0 radical (unpaired) electrons. The fraction of sp³-hybridized carbons (Fsp3) is 0.412. The average molecular weight is 346 g/mol. The van der Waals surface area contributed by atoms with E-state index in [2.05, 4.69) is 15.7 Å². The number of nitrogens with one attached hydrogen (secondary N) is 2. The highest BCUT2D eigenvalue weighted by Crippen LogP contribution is 2.32. The number of methoxy groups -OCH3 is 1. The van der Waals surface area contributed by atoms with Crippen LogP contribution in [0.4, 0.5) is 10.5 Å². The number of amides is 2. The SMILES string of the molecule is COCCn1cc(NC(=O)N[C@H](C)c2ccc3c(c2)OCCO3)cn1. The Labute approximate surface area is 146 Å². The molecule has 1 aromatic heterocycles. The van der Waals surface area contributed by atoms with Crippen molar-refractivity contribution < 1.29 is 19.0 Å². The molecule has 0 saturated heterocycles. The number of carbonyl (C=O) groups is 1. The highest BCUT2D eigenvalue weighted by molar-refractivity contribution is 5.89. The quantitative estimate of drug-likeness (QED) is 0.837. The molecule has 2 amide bonds. The first-order valence-corrected chi connectivity index (χ1v) is 8.14. The maximum Gasteiger partial charge on any atom is 0.319 e. The number of hydrogen-bond acceptors (Lipinski definition) is 5. The summed E-state index contributed by atoms with van der Waals surface area (Å²) in [4.78, 5) is 12.2. The van der Waals surface area contributed by atoms with E-state index >= 15 is 0 Å². The maximum absolute atomic E-state index is 12.2. The first kappa shape index (κ1) is 17.1. The van der Waals surface area contributed by atoms with E-state index < -0.39 is 0 Å². The predicted molar refractivity (Wildman–Crippen MR) is 92.1 cm³/mol. The minimum Gasteiger partial charge on any atom is -0.486 e. The summed E-state index contributed by atoms with van der Waals surface area (Å²) in [6, 6.07) is 5.19. The number of benzene rings is 1. The smallest absolute Gasteiger partial charge is 0.319 e. The van der Waals surface area contributed by atoms with E-state index in [1.807, 2.05) is 25.1 Å². The van der Waals surface area contributed by atoms with Crippen molar-refractivity contribution in [2.75, 3.05) is 32.2 Å². The Bertz CT molecular complexity index is 731. The lowest BCUT2D eigenvalue weighted by molar-refractivity contribution is 0.171. The molecule has 0 spiro atoms. The lowest BCUT2D eigenvalue weighted by Crippen LogP contribution is -2.31. The van der Waals surface area contributed by atoms with Gasteiger partial charge < -0.3 is 24.8 Å². The van der Waals surface area contributed by atoms with Crippen LogP contribution in [0.1, 0.15) is 18.5 Å². The molecular formula is C17H22N4O4. The summed E-state index contributed by atoms with van der Waals surface area (Å²) in [5, 5.41) is 9.82. The van der Waals surface area contributed by atoms with Gasteiger partial charge in [0.2, 0.25) is 0 Å². The maximum atomic E-state index is 12.2. The lowest BCUT2D eigenvalue weighted by atomic mass is 10.1. The molecule has 0 saturated carbocycles. The van der Waals surface area contributed by atoms with Crippen LogP contribution in [0.3, 0.4) is 0 Å². The van der Waals surface area contributed by atoms with Crippen LogP contribution < -0.4 is 20.1 Å². The molecule has 8 nitrogen and oxygen atoms in total. The summed E-state index contributed by atoms with van der Waals surface area (Å²) < 4.78 is 17.8. The number of hydrogen-bond donors (Lipinski definition) is 2. The normalized spacial score (nSPS) is 14.0. The number of nitrogens with zero attached hydrogens (tertiary/aromatic N) is 2. The van der Waals surface area contributed by atoms with Crippen molar-refractivity contribution in [1.29, 1.82) is 0 Å². The summed E-state index contributed by atoms with van der Waals surface area (Å²) >= 11 is 0. The first-order chi connectivity index (χ1) is 12.2. The Morgan fingerprint density at radius 1 is 1.36 bits per heavy atom. The summed E-state index contributed by atoms with van der Waals surface area (Å²) in [5.74, 6) is 1.44. The van der Waals surface area contributed by atoms with Crippen LogP contribution >= 0.6 is 0 Å². The van der Waals surface area contributed by atoms with Crippen LogP contribution in [0, 0.1) is 0 Å². The minimum absolute atomic E-state index is 0.181. The Balaban J connectivity index is 1.56. The zero-order valence-electron chi connectivity index (χ0n) is 14.3. The molecule has 0 unspecified atom stereocenters. The third-order valence-electron chi connectivity index (χ3n) is 3.83.